The fraction of sp³-hybridized carbons (Fsp3) is 0.136. The highest BCUT2D eigenvalue weighted by Gasteiger charge is 2.47. The lowest BCUT2D eigenvalue weighted by Crippen LogP contribution is -2.52. The average Bonchev–Trinajstić information content (AvgIpc) is 2.79. The molecule has 2 aliphatic rings. The Hall–Kier alpha value is -3.29. The molecule has 0 spiro atoms. The van der Waals surface area contributed by atoms with E-state index in [1.165, 1.54) is 23.0 Å². The summed E-state index contributed by atoms with van der Waals surface area (Å²) in [4.78, 5) is 41.8. The Bertz CT molecular complexity index is 1170. The summed E-state index contributed by atoms with van der Waals surface area (Å²) in [5.74, 6) is -2.52. The van der Waals surface area contributed by atoms with Gasteiger partial charge in [-0.15, -0.1) is 0 Å². The molecule has 2 aromatic rings. The molecule has 1 unspecified atom stereocenters. The zero-order valence-electron chi connectivity index (χ0n) is 16.5. The second-order valence-corrected chi connectivity index (χ2v) is 7.52. The highest BCUT2D eigenvalue weighted by atomic mass is 35.5. The largest absolute Gasteiger partial charge is 0.465 e. The third kappa shape index (κ3) is 3.36. The Balaban J connectivity index is 2.03. The number of ether oxygens (including phenoxy) is 2. The van der Waals surface area contributed by atoms with Crippen molar-refractivity contribution < 1.29 is 23.9 Å². The predicted molar refractivity (Wildman–Crippen MR) is 115 cm³/mol. The van der Waals surface area contributed by atoms with Crippen molar-refractivity contribution in [2.75, 3.05) is 19.1 Å². The van der Waals surface area contributed by atoms with Crippen LogP contribution in [0.25, 0.3) is 6.08 Å². The van der Waals surface area contributed by atoms with Gasteiger partial charge in [-0.1, -0.05) is 47.5 Å². The number of methoxy groups -OCH3 is 2. The van der Waals surface area contributed by atoms with Gasteiger partial charge in [-0.2, -0.15) is 0 Å². The van der Waals surface area contributed by atoms with Crippen molar-refractivity contribution in [2.24, 2.45) is 0 Å². The number of anilines is 1. The van der Waals surface area contributed by atoms with Gasteiger partial charge in [0, 0.05) is 17.5 Å². The Morgan fingerprint density at radius 2 is 1.68 bits per heavy atom. The highest BCUT2D eigenvalue weighted by molar-refractivity contribution is 6.42. The number of benzene rings is 2. The maximum Gasteiger partial charge on any atom is 0.355 e. The minimum absolute atomic E-state index is 0.202. The molecule has 1 atom stereocenters. The summed E-state index contributed by atoms with van der Waals surface area (Å²) >= 11 is 12.3. The Morgan fingerprint density at radius 3 is 2.35 bits per heavy atom. The lowest BCUT2D eigenvalue weighted by atomic mass is 9.94. The average molecular weight is 459 g/mol. The molecule has 0 aliphatic carbocycles. The monoisotopic (exact) mass is 458 g/mol. The van der Waals surface area contributed by atoms with Crippen LogP contribution in [0.5, 0.6) is 0 Å². The molecule has 0 saturated heterocycles. The number of esters is 2. The number of rotatable bonds is 3. The van der Waals surface area contributed by atoms with Crippen molar-refractivity contribution >= 4 is 52.8 Å². The minimum atomic E-state index is -0.957. The number of carbonyl (C=O) groups is 3. The van der Waals surface area contributed by atoms with Crippen molar-refractivity contribution in [1.82, 2.24) is 4.90 Å². The molecule has 0 aromatic heterocycles. The first-order chi connectivity index (χ1) is 14.9. The van der Waals surface area contributed by atoms with Gasteiger partial charge in [0.05, 0.1) is 24.3 Å². The molecule has 0 radical (unpaired) electrons. The number of fused-ring (bicyclic) bond motifs is 3. The van der Waals surface area contributed by atoms with Crippen molar-refractivity contribution in [2.45, 2.75) is 6.17 Å². The van der Waals surface area contributed by atoms with Gasteiger partial charge in [-0.3, -0.25) is 9.69 Å². The first kappa shape index (κ1) is 21.0. The fourth-order valence-electron chi connectivity index (χ4n) is 3.70. The topological polar surface area (TPSA) is 76.2 Å². The lowest BCUT2D eigenvalue weighted by Gasteiger charge is -2.45. The maximum atomic E-state index is 13.7. The van der Waals surface area contributed by atoms with Crippen LogP contribution in [0, 0.1) is 0 Å². The van der Waals surface area contributed by atoms with Gasteiger partial charge in [0.1, 0.15) is 11.9 Å². The van der Waals surface area contributed by atoms with Crippen molar-refractivity contribution in [3.05, 3.63) is 81.1 Å². The van der Waals surface area contributed by atoms with E-state index in [-0.39, 0.29) is 10.7 Å². The van der Waals surface area contributed by atoms with Crippen LogP contribution in [0.4, 0.5) is 5.69 Å². The molecular weight excluding hydrogens is 443 g/mol. The molecule has 0 saturated carbocycles. The molecule has 2 heterocycles. The van der Waals surface area contributed by atoms with E-state index >= 15 is 0 Å². The Morgan fingerprint density at radius 1 is 0.968 bits per heavy atom. The summed E-state index contributed by atoms with van der Waals surface area (Å²) in [7, 11) is 2.31. The van der Waals surface area contributed by atoms with Crippen LogP contribution in [-0.4, -0.2) is 37.0 Å². The van der Waals surface area contributed by atoms with Crippen molar-refractivity contribution in [1.29, 1.82) is 0 Å². The summed E-state index contributed by atoms with van der Waals surface area (Å²) < 4.78 is 9.70. The van der Waals surface area contributed by atoms with Gasteiger partial charge >= 0.3 is 11.9 Å². The van der Waals surface area contributed by atoms with Crippen LogP contribution in [0.3, 0.4) is 0 Å². The summed E-state index contributed by atoms with van der Waals surface area (Å²) in [5, 5.41) is 0.551. The van der Waals surface area contributed by atoms with E-state index in [0.29, 0.717) is 10.7 Å². The molecular formula is C22H16Cl2N2O5. The molecule has 31 heavy (non-hydrogen) atoms. The first-order valence-electron chi connectivity index (χ1n) is 9.14. The number of hydrogen-bond donors (Lipinski definition) is 0. The van der Waals surface area contributed by atoms with Gasteiger partial charge in [-0.25, -0.2) is 9.59 Å². The molecule has 158 valence electrons. The van der Waals surface area contributed by atoms with E-state index in [4.69, 9.17) is 32.7 Å². The SMILES string of the molecule is COC(=O)C1=C(C(=O)OC)N2C=Cc3ccccc3C2N(c2ccc(Cl)c(Cl)c2)C1=O. The van der Waals surface area contributed by atoms with Gasteiger partial charge < -0.3 is 14.4 Å². The van der Waals surface area contributed by atoms with Crippen molar-refractivity contribution in [3.8, 4) is 0 Å². The van der Waals surface area contributed by atoms with Crippen LogP contribution in [-0.2, 0) is 23.9 Å². The summed E-state index contributed by atoms with van der Waals surface area (Å²) in [6.45, 7) is 0. The quantitative estimate of drug-likeness (QED) is 0.512. The standard InChI is InChI=1S/C22H16Cl2N2O5/c1-30-21(28)17-18(22(29)31-2)25-10-9-12-5-3-4-6-14(12)19(25)26(20(17)27)13-7-8-15(23)16(24)11-13/h3-11,19H,1-2H3. The van der Waals surface area contributed by atoms with Gasteiger partial charge in [0.2, 0.25) is 0 Å². The maximum absolute atomic E-state index is 13.7. The third-order valence-corrected chi connectivity index (χ3v) is 5.81. The lowest BCUT2D eigenvalue weighted by molar-refractivity contribution is -0.143. The molecule has 7 nitrogen and oxygen atoms in total. The second kappa shape index (κ2) is 8.09. The van der Waals surface area contributed by atoms with E-state index < -0.39 is 29.6 Å². The smallest absolute Gasteiger partial charge is 0.355 e. The minimum Gasteiger partial charge on any atom is -0.465 e. The molecule has 1 amide bonds. The summed E-state index contributed by atoms with van der Waals surface area (Å²) in [5.41, 5.74) is 1.35. The normalized spacial score (nSPS) is 17.3. The van der Waals surface area contributed by atoms with Crippen LogP contribution in [0.1, 0.15) is 17.3 Å². The first-order valence-corrected chi connectivity index (χ1v) is 9.89. The summed E-state index contributed by atoms with van der Waals surface area (Å²) in [6, 6.07) is 12.1. The fourth-order valence-corrected chi connectivity index (χ4v) is 3.99. The van der Waals surface area contributed by atoms with Crippen LogP contribution in [0.2, 0.25) is 10.0 Å². The van der Waals surface area contributed by atoms with Crippen LogP contribution >= 0.6 is 23.2 Å². The number of hydrogen-bond acceptors (Lipinski definition) is 6. The molecule has 4 rings (SSSR count). The zero-order chi connectivity index (χ0) is 22.3. The Labute approximate surface area is 188 Å². The van der Waals surface area contributed by atoms with Crippen LogP contribution in [0.15, 0.2) is 59.9 Å². The molecule has 2 aliphatic heterocycles. The highest BCUT2D eigenvalue weighted by Crippen LogP contribution is 2.44. The van der Waals surface area contributed by atoms with E-state index in [2.05, 4.69) is 0 Å². The van der Waals surface area contributed by atoms with Gasteiger partial charge in [0.25, 0.3) is 5.91 Å². The zero-order valence-corrected chi connectivity index (χ0v) is 18.0. The van der Waals surface area contributed by atoms with E-state index in [1.807, 2.05) is 24.3 Å². The predicted octanol–water partition coefficient (Wildman–Crippen LogP) is 3.93. The van der Waals surface area contributed by atoms with E-state index in [9.17, 15) is 14.4 Å². The number of halogens is 2. The van der Waals surface area contributed by atoms with E-state index in [1.54, 1.807) is 24.4 Å². The molecule has 0 N–H and O–H groups in total. The Kier molecular flexibility index (Phi) is 5.47. The van der Waals surface area contributed by atoms with Gasteiger partial charge in [0.15, 0.2) is 5.57 Å². The van der Waals surface area contributed by atoms with Crippen molar-refractivity contribution in [3.63, 3.8) is 0 Å². The van der Waals surface area contributed by atoms with Crippen LogP contribution < -0.4 is 4.90 Å². The second-order valence-electron chi connectivity index (χ2n) is 6.71. The molecule has 0 fully saturated rings. The molecule has 2 aromatic carbocycles. The number of carbonyl (C=O) groups excluding carboxylic acids is 3. The summed E-state index contributed by atoms with van der Waals surface area (Å²) in [6.07, 6.45) is 2.64. The molecule has 9 heteroatoms. The van der Waals surface area contributed by atoms with E-state index in [0.717, 1.165) is 18.2 Å². The molecule has 0 bridgehead atoms. The number of nitrogens with zero attached hydrogens (tertiary/aromatic N) is 2. The number of amides is 1. The third-order valence-electron chi connectivity index (χ3n) is 5.07. The van der Waals surface area contributed by atoms with Gasteiger partial charge in [-0.05, 0) is 29.8 Å².